The van der Waals surface area contributed by atoms with Gasteiger partial charge in [0.05, 0.1) is 16.9 Å². The number of nitrogens with one attached hydrogen (secondary N) is 1. The Labute approximate surface area is 102 Å². The van der Waals surface area contributed by atoms with Gasteiger partial charge >= 0.3 is 0 Å². The molecule has 0 radical (unpaired) electrons. The standard InChI is InChI=1S/C11H13IN2O/c1-3-4-7-5-8-10(12)9(15-2)6-13-11(8)14-7/h5-6H,3-4H2,1-2H3,(H,13,14). The summed E-state index contributed by atoms with van der Waals surface area (Å²) in [7, 11) is 1.67. The van der Waals surface area contributed by atoms with Crippen LogP contribution in [0.5, 0.6) is 5.75 Å². The van der Waals surface area contributed by atoms with Gasteiger partial charge in [0.2, 0.25) is 0 Å². The Morgan fingerprint density at radius 3 is 3.00 bits per heavy atom. The lowest BCUT2D eigenvalue weighted by Gasteiger charge is -2.01. The molecule has 0 amide bonds. The quantitative estimate of drug-likeness (QED) is 0.884. The van der Waals surface area contributed by atoms with Crippen LogP contribution in [0.3, 0.4) is 0 Å². The molecule has 1 N–H and O–H groups in total. The van der Waals surface area contributed by atoms with E-state index in [4.69, 9.17) is 4.74 Å². The maximum Gasteiger partial charge on any atom is 0.151 e. The first-order valence-corrected chi connectivity index (χ1v) is 6.04. The lowest BCUT2D eigenvalue weighted by Crippen LogP contribution is -1.89. The molecule has 0 saturated heterocycles. The van der Waals surface area contributed by atoms with Crippen LogP contribution < -0.4 is 4.74 Å². The van der Waals surface area contributed by atoms with Crippen molar-refractivity contribution < 1.29 is 4.74 Å². The summed E-state index contributed by atoms with van der Waals surface area (Å²) in [4.78, 5) is 7.65. The smallest absolute Gasteiger partial charge is 0.151 e. The first-order valence-electron chi connectivity index (χ1n) is 4.96. The predicted molar refractivity (Wildman–Crippen MR) is 69.4 cm³/mol. The van der Waals surface area contributed by atoms with Crippen LogP contribution in [0.15, 0.2) is 12.3 Å². The van der Waals surface area contributed by atoms with E-state index < -0.39 is 0 Å². The molecule has 0 unspecified atom stereocenters. The predicted octanol–water partition coefficient (Wildman–Crippen LogP) is 3.13. The summed E-state index contributed by atoms with van der Waals surface area (Å²) in [6.45, 7) is 2.17. The van der Waals surface area contributed by atoms with E-state index in [0.29, 0.717) is 0 Å². The summed E-state index contributed by atoms with van der Waals surface area (Å²) in [6, 6.07) is 2.16. The van der Waals surface area contributed by atoms with Crippen LogP contribution in [-0.2, 0) is 6.42 Å². The lowest BCUT2D eigenvalue weighted by molar-refractivity contribution is 0.411. The molecule has 4 heteroatoms. The Bertz CT molecular complexity index is 479. The topological polar surface area (TPSA) is 37.9 Å². The molecule has 0 aliphatic rings. The van der Waals surface area contributed by atoms with Crippen molar-refractivity contribution in [1.82, 2.24) is 9.97 Å². The summed E-state index contributed by atoms with van der Waals surface area (Å²) in [5.41, 5.74) is 2.19. The zero-order valence-electron chi connectivity index (χ0n) is 8.80. The highest BCUT2D eigenvalue weighted by Crippen LogP contribution is 2.28. The van der Waals surface area contributed by atoms with Crippen LogP contribution in [0, 0.1) is 3.57 Å². The summed E-state index contributed by atoms with van der Waals surface area (Å²) in [6.07, 6.45) is 3.96. The van der Waals surface area contributed by atoms with Gasteiger partial charge in [-0.3, -0.25) is 0 Å². The van der Waals surface area contributed by atoms with Crippen molar-refractivity contribution in [2.24, 2.45) is 0 Å². The second-order valence-electron chi connectivity index (χ2n) is 3.45. The number of rotatable bonds is 3. The molecule has 0 aliphatic carbocycles. The fraction of sp³-hybridized carbons (Fsp3) is 0.364. The van der Waals surface area contributed by atoms with Gasteiger partial charge in [-0.15, -0.1) is 0 Å². The van der Waals surface area contributed by atoms with Crippen molar-refractivity contribution >= 4 is 33.6 Å². The summed E-state index contributed by atoms with van der Waals surface area (Å²) in [5, 5.41) is 1.15. The summed E-state index contributed by atoms with van der Waals surface area (Å²) >= 11 is 2.30. The number of pyridine rings is 1. The second kappa shape index (κ2) is 4.38. The minimum Gasteiger partial charge on any atom is -0.494 e. The van der Waals surface area contributed by atoms with Crippen molar-refractivity contribution in [3.8, 4) is 5.75 Å². The zero-order chi connectivity index (χ0) is 10.8. The number of aryl methyl sites for hydroxylation is 1. The Kier molecular flexibility index (Phi) is 3.14. The van der Waals surface area contributed by atoms with E-state index in [1.165, 1.54) is 5.69 Å². The summed E-state index contributed by atoms with van der Waals surface area (Å²) in [5.74, 6) is 0.838. The molecule has 15 heavy (non-hydrogen) atoms. The molecule has 0 spiro atoms. The molecule has 2 heterocycles. The molecule has 0 bridgehead atoms. The highest BCUT2D eigenvalue weighted by molar-refractivity contribution is 14.1. The third-order valence-corrected chi connectivity index (χ3v) is 3.47. The van der Waals surface area contributed by atoms with Crippen LogP contribution in [0.25, 0.3) is 11.0 Å². The van der Waals surface area contributed by atoms with Gasteiger partial charge < -0.3 is 9.72 Å². The number of aromatic nitrogens is 2. The van der Waals surface area contributed by atoms with E-state index in [-0.39, 0.29) is 0 Å². The van der Waals surface area contributed by atoms with Gasteiger partial charge in [0.1, 0.15) is 5.65 Å². The minimum absolute atomic E-state index is 0.838. The summed E-state index contributed by atoms with van der Waals surface area (Å²) < 4.78 is 6.36. The molecule has 0 aromatic carbocycles. The van der Waals surface area contributed by atoms with E-state index in [1.807, 2.05) is 0 Å². The van der Waals surface area contributed by atoms with Crippen molar-refractivity contribution in [3.63, 3.8) is 0 Å². The number of nitrogens with zero attached hydrogens (tertiary/aromatic N) is 1. The molecule has 2 aromatic heterocycles. The molecular weight excluding hydrogens is 303 g/mol. The van der Waals surface area contributed by atoms with Crippen LogP contribution in [0.1, 0.15) is 19.0 Å². The highest BCUT2D eigenvalue weighted by atomic mass is 127. The van der Waals surface area contributed by atoms with Crippen LogP contribution in [0.4, 0.5) is 0 Å². The molecule has 2 rings (SSSR count). The number of ether oxygens (including phenoxy) is 1. The van der Waals surface area contributed by atoms with E-state index in [0.717, 1.165) is 33.2 Å². The van der Waals surface area contributed by atoms with Crippen LogP contribution in [-0.4, -0.2) is 17.1 Å². The third-order valence-electron chi connectivity index (χ3n) is 2.36. The van der Waals surface area contributed by atoms with E-state index >= 15 is 0 Å². The van der Waals surface area contributed by atoms with Crippen LogP contribution in [0.2, 0.25) is 0 Å². The molecule has 0 atom stereocenters. The average molecular weight is 316 g/mol. The van der Waals surface area contributed by atoms with Gasteiger partial charge in [0.25, 0.3) is 0 Å². The van der Waals surface area contributed by atoms with Crippen molar-refractivity contribution in [1.29, 1.82) is 0 Å². The number of hydrogen-bond donors (Lipinski definition) is 1. The molecule has 0 fully saturated rings. The molecule has 80 valence electrons. The third kappa shape index (κ3) is 1.95. The van der Waals surface area contributed by atoms with Gasteiger partial charge in [0.15, 0.2) is 5.75 Å². The first-order chi connectivity index (χ1) is 7.26. The van der Waals surface area contributed by atoms with Crippen molar-refractivity contribution in [3.05, 3.63) is 21.5 Å². The Hall–Kier alpha value is -0.780. The average Bonchev–Trinajstić information content (AvgIpc) is 2.63. The number of methoxy groups -OCH3 is 1. The minimum atomic E-state index is 0.838. The first kappa shape index (κ1) is 10.7. The molecule has 2 aromatic rings. The van der Waals surface area contributed by atoms with Crippen molar-refractivity contribution in [2.45, 2.75) is 19.8 Å². The molecular formula is C11H13IN2O. The van der Waals surface area contributed by atoms with Crippen molar-refractivity contribution in [2.75, 3.05) is 7.11 Å². The monoisotopic (exact) mass is 316 g/mol. The maximum atomic E-state index is 5.24. The van der Waals surface area contributed by atoms with Gasteiger partial charge in [-0.2, -0.15) is 0 Å². The normalized spacial score (nSPS) is 10.9. The SMILES string of the molecule is CCCc1cc2c(I)c(OC)cnc2[nH]1. The maximum absolute atomic E-state index is 5.24. The Balaban J connectivity index is 2.55. The highest BCUT2D eigenvalue weighted by Gasteiger charge is 2.09. The van der Waals surface area contributed by atoms with E-state index in [9.17, 15) is 0 Å². The zero-order valence-corrected chi connectivity index (χ0v) is 11.0. The molecule has 0 aliphatic heterocycles. The van der Waals surface area contributed by atoms with Gasteiger partial charge in [-0.1, -0.05) is 13.3 Å². The number of fused-ring (bicyclic) bond motifs is 1. The van der Waals surface area contributed by atoms with E-state index in [2.05, 4.69) is 45.5 Å². The molecule has 0 saturated carbocycles. The Morgan fingerprint density at radius 2 is 2.33 bits per heavy atom. The molecule has 3 nitrogen and oxygen atoms in total. The van der Waals surface area contributed by atoms with Crippen LogP contribution >= 0.6 is 22.6 Å². The fourth-order valence-electron chi connectivity index (χ4n) is 1.63. The lowest BCUT2D eigenvalue weighted by atomic mass is 10.2. The largest absolute Gasteiger partial charge is 0.494 e. The second-order valence-corrected chi connectivity index (χ2v) is 4.53. The van der Waals surface area contributed by atoms with Gasteiger partial charge in [-0.25, -0.2) is 4.98 Å². The number of aromatic amines is 1. The van der Waals surface area contributed by atoms with Gasteiger partial charge in [0, 0.05) is 11.1 Å². The number of halogens is 1. The number of hydrogen-bond acceptors (Lipinski definition) is 2. The number of H-pyrrole nitrogens is 1. The Morgan fingerprint density at radius 1 is 1.53 bits per heavy atom. The van der Waals surface area contributed by atoms with E-state index in [1.54, 1.807) is 13.3 Å². The fourth-order valence-corrected chi connectivity index (χ4v) is 2.40. The van der Waals surface area contributed by atoms with Gasteiger partial charge in [-0.05, 0) is 35.1 Å².